The van der Waals surface area contributed by atoms with E-state index in [-0.39, 0.29) is 31.0 Å². The van der Waals surface area contributed by atoms with Gasteiger partial charge in [0.15, 0.2) is 0 Å². The second-order valence-corrected chi connectivity index (χ2v) is 4.87. The van der Waals surface area contributed by atoms with Crippen LogP contribution in [0.4, 0.5) is 11.4 Å². The van der Waals surface area contributed by atoms with Gasteiger partial charge in [0.05, 0.1) is 30.8 Å². The van der Waals surface area contributed by atoms with E-state index in [1.165, 1.54) is 12.1 Å². The lowest BCUT2D eigenvalue weighted by Crippen LogP contribution is -2.50. The normalized spacial score (nSPS) is 22.9. The van der Waals surface area contributed by atoms with Crippen LogP contribution >= 0.6 is 0 Å². The lowest BCUT2D eigenvalue weighted by Gasteiger charge is -2.39. The third-order valence-electron chi connectivity index (χ3n) is 3.46. The molecule has 1 aliphatic rings. The molecule has 1 heterocycles. The van der Waals surface area contributed by atoms with Gasteiger partial charge in [0, 0.05) is 36.0 Å². The Kier molecular flexibility index (Phi) is 4.53. The first-order chi connectivity index (χ1) is 9.56. The second-order valence-electron chi connectivity index (χ2n) is 4.87. The Hall–Kier alpha value is -1.70. The zero-order valence-electron chi connectivity index (χ0n) is 11.2. The number of aliphatic hydroxyl groups excluding tert-OH is 2. The average Bonchev–Trinajstić information content (AvgIpc) is 2.47. The molecular weight excluding hydrogens is 264 g/mol. The van der Waals surface area contributed by atoms with Crippen molar-refractivity contribution in [3.8, 4) is 0 Å². The van der Waals surface area contributed by atoms with Gasteiger partial charge in [-0.05, 0) is 13.0 Å². The predicted octanol–water partition coefficient (Wildman–Crippen LogP) is 0.673. The first-order valence-corrected chi connectivity index (χ1v) is 6.44. The smallest absolute Gasteiger partial charge is 0.269 e. The SMILES string of the molecule is CC1COC(CO)CN1c1ccc([N+](=O)[O-])cc1CO. The number of anilines is 1. The highest BCUT2D eigenvalue weighted by atomic mass is 16.6. The molecule has 0 amide bonds. The molecule has 1 fully saturated rings. The predicted molar refractivity (Wildman–Crippen MR) is 72.7 cm³/mol. The van der Waals surface area contributed by atoms with E-state index in [4.69, 9.17) is 4.74 Å². The summed E-state index contributed by atoms with van der Waals surface area (Å²) in [6, 6.07) is 4.51. The number of nitro groups is 1. The van der Waals surface area contributed by atoms with Crippen LogP contribution in [0.2, 0.25) is 0 Å². The Morgan fingerprint density at radius 1 is 1.50 bits per heavy atom. The van der Waals surface area contributed by atoms with Crippen LogP contribution in [0.1, 0.15) is 12.5 Å². The van der Waals surface area contributed by atoms with E-state index >= 15 is 0 Å². The standard InChI is InChI=1S/C13H18N2O5/c1-9-8-20-12(7-17)5-14(9)13-3-2-11(15(18)19)4-10(13)6-16/h2-4,9,12,16-17H,5-8H2,1H3. The highest BCUT2D eigenvalue weighted by molar-refractivity contribution is 5.58. The van der Waals surface area contributed by atoms with Crippen molar-refractivity contribution in [3.63, 3.8) is 0 Å². The molecule has 2 unspecified atom stereocenters. The highest BCUT2D eigenvalue weighted by Crippen LogP contribution is 2.29. The number of rotatable bonds is 4. The fourth-order valence-electron chi connectivity index (χ4n) is 2.36. The van der Waals surface area contributed by atoms with Gasteiger partial charge in [0.25, 0.3) is 5.69 Å². The van der Waals surface area contributed by atoms with Gasteiger partial charge in [-0.25, -0.2) is 0 Å². The molecule has 0 radical (unpaired) electrons. The van der Waals surface area contributed by atoms with Gasteiger partial charge in [-0.3, -0.25) is 10.1 Å². The Labute approximate surface area is 116 Å². The Bertz CT molecular complexity index is 494. The van der Waals surface area contributed by atoms with Gasteiger partial charge in [-0.15, -0.1) is 0 Å². The average molecular weight is 282 g/mol. The van der Waals surface area contributed by atoms with Gasteiger partial charge >= 0.3 is 0 Å². The van der Waals surface area contributed by atoms with Crippen LogP contribution in [0.5, 0.6) is 0 Å². The molecule has 2 rings (SSSR count). The minimum atomic E-state index is -0.484. The molecule has 1 aromatic carbocycles. The fourth-order valence-corrected chi connectivity index (χ4v) is 2.36. The van der Waals surface area contributed by atoms with E-state index in [1.807, 2.05) is 11.8 Å². The molecule has 1 aliphatic heterocycles. The number of morpholine rings is 1. The van der Waals surface area contributed by atoms with Crippen LogP contribution in [0.3, 0.4) is 0 Å². The number of benzene rings is 1. The quantitative estimate of drug-likeness (QED) is 0.622. The molecule has 110 valence electrons. The number of nitro benzene ring substituents is 1. The van der Waals surface area contributed by atoms with Gasteiger partial charge < -0.3 is 19.8 Å². The maximum absolute atomic E-state index is 10.8. The molecule has 0 aromatic heterocycles. The van der Waals surface area contributed by atoms with Gasteiger partial charge in [-0.1, -0.05) is 0 Å². The third kappa shape index (κ3) is 2.90. The maximum Gasteiger partial charge on any atom is 0.269 e. The van der Waals surface area contributed by atoms with Gasteiger partial charge in [0.1, 0.15) is 0 Å². The number of aliphatic hydroxyl groups is 2. The Morgan fingerprint density at radius 3 is 2.85 bits per heavy atom. The van der Waals surface area contributed by atoms with Crippen molar-refractivity contribution in [1.29, 1.82) is 0 Å². The number of hydrogen-bond acceptors (Lipinski definition) is 6. The molecule has 1 saturated heterocycles. The number of nitrogens with zero attached hydrogens (tertiary/aromatic N) is 2. The van der Waals surface area contributed by atoms with Gasteiger partial charge in [0.2, 0.25) is 0 Å². The number of non-ortho nitro benzene ring substituents is 1. The topological polar surface area (TPSA) is 96.1 Å². The highest BCUT2D eigenvalue weighted by Gasteiger charge is 2.27. The van der Waals surface area contributed by atoms with Crippen molar-refractivity contribution in [1.82, 2.24) is 0 Å². The van der Waals surface area contributed by atoms with Crippen LogP contribution in [0.15, 0.2) is 18.2 Å². The molecule has 0 aliphatic carbocycles. The van der Waals surface area contributed by atoms with Crippen LogP contribution < -0.4 is 4.90 Å². The Balaban J connectivity index is 2.32. The molecule has 20 heavy (non-hydrogen) atoms. The molecule has 0 saturated carbocycles. The summed E-state index contributed by atoms with van der Waals surface area (Å²) in [5, 5.41) is 29.4. The summed E-state index contributed by atoms with van der Waals surface area (Å²) in [5.41, 5.74) is 1.20. The van der Waals surface area contributed by atoms with Crippen molar-refractivity contribution < 1.29 is 19.9 Å². The molecule has 2 N–H and O–H groups in total. The van der Waals surface area contributed by atoms with Crippen LogP contribution in [0.25, 0.3) is 0 Å². The summed E-state index contributed by atoms with van der Waals surface area (Å²) in [5.74, 6) is 0. The second kappa shape index (κ2) is 6.17. The minimum Gasteiger partial charge on any atom is -0.394 e. The van der Waals surface area contributed by atoms with Crippen LogP contribution in [-0.2, 0) is 11.3 Å². The van der Waals surface area contributed by atoms with Crippen LogP contribution in [0, 0.1) is 10.1 Å². The minimum absolute atomic E-state index is 0.0441. The molecule has 0 spiro atoms. The van der Waals surface area contributed by atoms with E-state index in [1.54, 1.807) is 6.07 Å². The zero-order valence-corrected chi connectivity index (χ0v) is 11.2. The largest absolute Gasteiger partial charge is 0.394 e. The van der Waals surface area contributed by atoms with Crippen molar-refractivity contribution in [2.45, 2.75) is 25.7 Å². The summed E-state index contributed by atoms with van der Waals surface area (Å²) in [6.07, 6.45) is -0.284. The molecule has 7 nitrogen and oxygen atoms in total. The first-order valence-electron chi connectivity index (χ1n) is 6.44. The van der Waals surface area contributed by atoms with E-state index in [9.17, 15) is 20.3 Å². The van der Waals surface area contributed by atoms with Crippen molar-refractivity contribution >= 4 is 11.4 Å². The fraction of sp³-hybridized carbons (Fsp3) is 0.538. The van der Waals surface area contributed by atoms with Gasteiger partial charge in [-0.2, -0.15) is 0 Å². The Morgan fingerprint density at radius 2 is 2.25 bits per heavy atom. The van der Waals surface area contributed by atoms with E-state index in [0.717, 1.165) is 5.69 Å². The van der Waals surface area contributed by atoms with Crippen molar-refractivity contribution in [2.75, 3.05) is 24.7 Å². The number of ether oxygens (including phenoxy) is 1. The zero-order chi connectivity index (χ0) is 14.7. The first kappa shape index (κ1) is 14.7. The summed E-state index contributed by atoms with van der Waals surface area (Å²) >= 11 is 0. The number of hydrogen-bond donors (Lipinski definition) is 2. The van der Waals surface area contributed by atoms with E-state index in [0.29, 0.717) is 18.7 Å². The lowest BCUT2D eigenvalue weighted by atomic mass is 10.1. The third-order valence-corrected chi connectivity index (χ3v) is 3.46. The summed E-state index contributed by atoms with van der Waals surface area (Å²) in [7, 11) is 0. The molecule has 7 heteroatoms. The summed E-state index contributed by atoms with van der Waals surface area (Å²) < 4.78 is 5.46. The monoisotopic (exact) mass is 282 g/mol. The molecular formula is C13H18N2O5. The van der Waals surface area contributed by atoms with E-state index < -0.39 is 4.92 Å². The van der Waals surface area contributed by atoms with E-state index in [2.05, 4.69) is 0 Å². The maximum atomic E-state index is 10.8. The molecule has 0 bridgehead atoms. The van der Waals surface area contributed by atoms with Crippen LogP contribution in [-0.4, -0.2) is 47.0 Å². The van der Waals surface area contributed by atoms with Crippen molar-refractivity contribution in [2.24, 2.45) is 0 Å². The molecule has 2 atom stereocenters. The van der Waals surface area contributed by atoms with Crippen molar-refractivity contribution in [3.05, 3.63) is 33.9 Å². The summed E-state index contributed by atoms with van der Waals surface area (Å²) in [4.78, 5) is 12.3. The lowest BCUT2D eigenvalue weighted by molar-refractivity contribution is -0.384. The molecule has 1 aromatic rings. The summed E-state index contributed by atoms with van der Waals surface area (Å²) in [6.45, 7) is 2.57.